The number of hydrogen-bond acceptors (Lipinski definition) is 4. The molecule has 1 aromatic carbocycles. The second kappa shape index (κ2) is 5.85. The maximum absolute atomic E-state index is 12.7. The lowest BCUT2D eigenvalue weighted by Gasteiger charge is -2.37. The molecule has 6 heteroatoms. The highest BCUT2D eigenvalue weighted by Crippen LogP contribution is 2.38. The molecule has 122 valence electrons. The van der Waals surface area contributed by atoms with Crippen molar-refractivity contribution in [3.8, 4) is 5.75 Å². The summed E-state index contributed by atoms with van der Waals surface area (Å²) in [5.41, 5.74) is 0.774. The number of hydrogen-bond donors (Lipinski definition) is 0. The molecule has 2 fully saturated rings. The summed E-state index contributed by atoms with van der Waals surface area (Å²) in [6.45, 7) is 2.57. The highest BCUT2D eigenvalue weighted by atomic mass is 16.5. The zero-order valence-corrected chi connectivity index (χ0v) is 12.9. The van der Waals surface area contributed by atoms with Crippen molar-refractivity contribution < 1.29 is 19.1 Å². The Hall–Kier alpha value is -2.08. The second-order valence-corrected chi connectivity index (χ2v) is 6.23. The van der Waals surface area contributed by atoms with Crippen molar-refractivity contribution in [3.63, 3.8) is 0 Å². The van der Waals surface area contributed by atoms with Gasteiger partial charge in [-0.15, -0.1) is 0 Å². The van der Waals surface area contributed by atoms with Gasteiger partial charge < -0.3 is 19.3 Å². The Balaban J connectivity index is 1.58. The highest BCUT2D eigenvalue weighted by molar-refractivity contribution is 5.99. The lowest BCUT2D eigenvalue weighted by atomic mass is 10.1. The van der Waals surface area contributed by atoms with Gasteiger partial charge in [0.05, 0.1) is 25.4 Å². The van der Waals surface area contributed by atoms with Crippen LogP contribution in [0.25, 0.3) is 0 Å². The molecule has 0 radical (unpaired) electrons. The van der Waals surface area contributed by atoms with Crippen LogP contribution in [0, 0.1) is 5.92 Å². The number of para-hydroxylation sites is 2. The van der Waals surface area contributed by atoms with Gasteiger partial charge in [0.15, 0.2) is 6.10 Å². The predicted molar refractivity (Wildman–Crippen MR) is 83.3 cm³/mol. The van der Waals surface area contributed by atoms with Crippen LogP contribution in [-0.4, -0.2) is 55.7 Å². The zero-order chi connectivity index (χ0) is 15.8. The quantitative estimate of drug-likeness (QED) is 0.818. The number of carbonyl (C=O) groups is 2. The Morgan fingerprint density at radius 1 is 1.04 bits per heavy atom. The van der Waals surface area contributed by atoms with E-state index in [1.165, 1.54) is 0 Å². The molecular formula is C17H20N2O4. The highest BCUT2D eigenvalue weighted by Gasteiger charge is 2.41. The van der Waals surface area contributed by atoms with E-state index in [4.69, 9.17) is 9.47 Å². The van der Waals surface area contributed by atoms with Gasteiger partial charge in [-0.2, -0.15) is 0 Å². The average molecular weight is 316 g/mol. The molecule has 4 rings (SSSR count). The van der Waals surface area contributed by atoms with Crippen LogP contribution < -0.4 is 9.64 Å². The Kier molecular flexibility index (Phi) is 3.69. The molecule has 1 saturated heterocycles. The maximum Gasteiger partial charge on any atom is 0.265 e. The van der Waals surface area contributed by atoms with E-state index in [0.717, 1.165) is 18.5 Å². The van der Waals surface area contributed by atoms with E-state index in [9.17, 15) is 9.59 Å². The zero-order valence-electron chi connectivity index (χ0n) is 12.9. The van der Waals surface area contributed by atoms with Crippen LogP contribution in [0.2, 0.25) is 0 Å². The van der Waals surface area contributed by atoms with E-state index in [1.807, 2.05) is 24.3 Å². The molecule has 0 N–H and O–H groups in total. The molecule has 3 aliphatic rings. The van der Waals surface area contributed by atoms with Crippen LogP contribution in [0.5, 0.6) is 5.75 Å². The molecule has 1 aromatic rings. The normalized spacial score (nSPS) is 23.9. The van der Waals surface area contributed by atoms with Gasteiger partial charge in [-0.05, 0) is 25.0 Å². The third-order valence-electron chi connectivity index (χ3n) is 4.56. The second-order valence-electron chi connectivity index (χ2n) is 6.23. The van der Waals surface area contributed by atoms with E-state index in [-0.39, 0.29) is 17.7 Å². The summed E-state index contributed by atoms with van der Waals surface area (Å²) in [4.78, 5) is 28.8. The minimum atomic E-state index is -0.634. The van der Waals surface area contributed by atoms with E-state index >= 15 is 0 Å². The first-order valence-corrected chi connectivity index (χ1v) is 8.17. The lowest BCUT2D eigenvalue weighted by molar-refractivity contribution is -0.142. The standard InChI is InChI=1S/C17H20N2O4/c20-16(12-5-6-12)19-11-15(17(21)18-7-9-22-10-8-18)23-14-4-2-1-3-13(14)19/h1-4,12,15H,5-11H2/t15-/m0/s1. The Bertz CT molecular complexity index is 623. The predicted octanol–water partition coefficient (Wildman–Crippen LogP) is 1.05. The summed E-state index contributed by atoms with van der Waals surface area (Å²) in [5.74, 6) is 0.775. The number of rotatable bonds is 2. The van der Waals surface area contributed by atoms with Crippen molar-refractivity contribution in [1.82, 2.24) is 4.90 Å². The summed E-state index contributed by atoms with van der Waals surface area (Å²) in [6, 6.07) is 7.45. The summed E-state index contributed by atoms with van der Waals surface area (Å²) < 4.78 is 11.2. The van der Waals surface area contributed by atoms with E-state index < -0.39 is 6.10 Å². The maximum atomic E-state index is 12.7. The number of amides is 2. The molecular weight excluding hydrogens is 296 g/mol. The fourth-order valence-corrected chi connectivity index (χ4v) is 3.11. The fraction of sp³-hybridized carbons (Fsp3) is 0.529. The molecule has 2 amide bonds. The summed E-state index contributed by atoms with van der Waals surface area (Å²) in [6.07, 6.45) is 1.26. The van der Waals surface area contributed by atoms with Crippen LogP contribution in [-0.2, 0) is 14.3 Å². The molecule has 1 saturated carbocycles. The number of anilines is 1. The number of fused-ring (bicyclic) bond motifs is 1. The number of carbonyl (C=O) groups excluding carboxylic acids is 2. The van der Waals surface area contributed by atoms with Gasteiger partial charge in [0.1, 0.15) is 5.75 Å². The molecule has 1 atom stereocenters. The summed E-state index contributed by atoms with van der Waals surface area (Å²) in [7, 11) is 0. The van der Waals surface area contributed by atoms with Crippen LogP contribution in [0.15, 0.2) is 24.3 Å². The van der Waals surface area contributed by atoms with Crippen molar-refractivity contribution in [1.29, 1.82) is 0 Å². The summed E-state index contributed by atoms with van der Waals surface area (Å²) >= 11 is 0. The van der Waals surface area contributed by atoms with Gasteiger partial charge >= 0.3 is 0 Å². The van der Waals surface area contributed by atoms with Gasteiger partial charge in [0.2, 0.25) is 5.91 Å². The van der Waals surface area contributed by atoms with Crippen LogP contribution in [0.1, 0.15) is 12.8 Å². The van der Waals surface area contributed by atoms with Crippen LogP contribution >= 0.6 is 0 Å². The van der Waals surface area contributed by atoms with Crippen molar-refractivity contribution >= 4 is 17.5 Å². The van der Waals surface area contributed by atoms with Crippen molar-refractivity contribution in [2.45, 2.75) is 18.9 Å². The molecule has 0 spiro atoms. The fourth-order valence-electron chi connectivity index (χ4n) is 3.11. The van der Waals surface area contributed by atoms with Gasteiger partial charge in [-0.1, -0.05) is 12.1 Å². The molecule has 0 aromatic heterocycles. The SMILES string of the molecule is O=C([C@@H]1CN(C(=O)C2CC2)c2ccccc2O1)N1CCOCC1. The van der Waals surface area contributed by atoms with E-state index in [2.05, 4.69) is 0 Å². The van der Waals surface area contributed by atoms with Crippen molar-refractivity contribution in [3.05, 3.63) is 24.3 Å². The van der Waals surface area contributed by atoms with E-state index in [0.29, 0.717) is 38.6 Å². The summed E-state index contributed by atoms with van der Waals surface area (Å²) in [5, 5.41) is 0. The number of benzene rings is 1. The average Bonchev–Trinajstić information content (AvgIpc) is 3.45. The topological polar surface area (TPSA) is 59.1 Å². The molecule has 0 bridgehead atoms. The molecule has 0 unspecified atom stereocenters. The third kappa shape index (κ3) is 2.79. The first kappa shape index (κ1) is 14.5. The third-order valence-corrected chi connectivity index (χ3v) is 4.56. The molecule has 2 aliphatic heterocycles. The van der Waals surface area contributed by atoms with E-state index in [1.54, 1.807) is 9.80 Å². The number of ether oxygens (including phenoxy) is 2. The first-order valence-electron chi connectivity index (χ1n) is 8.17. The molecule has 2 heterocycles. The Morgan fingerprint density at radius 2 is 1.78 bits per heavy atom. The van der Waals surface area contributed by atoms with Crippen LogP contribution in [0.3, 0.4) is 0 Å². The minimum absolute atomic E-state index is 0.0589. The van der Waals surface area contributed by atoms with Crippen LogP contribution in [0.4, 0.5) is 5.69 Å². The monoisotopic (exact) mass is 316 g/mol. The molecule has 6 nitrogen and oxygen atoms in total. The Morgan fingerprint density at radius 3 is 2.52 bits per heavy atom. The largest absolute Gasteiger partial charge is 0.476 e. The van der Waals surface area contributed by atoms with Gasteiger partial charge in [-0.3, -0.25) is 9.59 Å². The molecule has 1 aliphatic carbocycles. The number of morpholine rings is 1. The molecule has 23 heavy (non-hydrogen) atoms. The number of nitrogens with zero attached hydrogens (tertiary/aromatic N) is 2. The van der Waals surface area contributed by atoms with Gasteiger partial charge in [0, 0.05) is 19.0 Å². The minimum Gasteiger partial charge on any atom is -0.476 e. The van der Waals surface area contributed by atoms with Gasteiger partial charge in [0.25, 0.3) is 5.91 Å². The van der Waals surface area contributed by atoms with Crippen molar-refractivity contribution in [2.24, 2.45) is 5.92 Å². The first-order chi connectivity index (χ1) is 11.2. The van der Waals surface area contributed by atoms with Gasteiger partial charge in [-0.25, -0.2) is 0 Å². The lowest BCUT2D eigenvalue weighted by Crippen LogP contribution is -2.54. The smallest absolute Gasteiger partial charge is 0.265 e. The van der Waals surface area contributed by atoms with Crippen molar-refractivity contribution in [2.75, 3.05) is 37.7 Å². The Labute approximate surface area is 134 Å².